The number of aromatic amines is 1. The van der Waals surface area contributed by atoms with Crippen molar-refractivity contribution in [2.45, 2.75) is 147 Å². The summed E-state index contributed by atoms with van der Waals surface area (Å²) in [5.41, 5.74) is -1.01. The molecule has 0 spiro atoms. The van der Waals surface area contributed by atoms with Gasteiger partial charge in [0.1, 0.15) is 36.8 Å². The molecular weight excluding hydrogens is 941 g/mol. The molecule has 1 aliphatic carbocycles. The minimum Gasteiger partial charge on any atom is -0.474 e. The van der Waals surface area contributed by atoms with Crippen LogP contribution < -0.4 is 15.6 Å². The molecule has 22 nitrogen and oxygen atoms in total. The second-order valence-corrected chi connectivity index (χ2v) is 30.3. The third-order valence-corrected chi connectivity index (χ3v) is 24.8. The lowest BCUT2D eigenvalue weighted by Gasteiger charge is -2.51. The number of hydrogen-bond donors (Lipinski definition) is 3. The van der Waals surface area contributed by atoms with Gasteiger partial charge in [0.05, 0.1) is 32.3 Å². The van der Waals surface area contributed by atoms with E-state index >= 15 is 0 Å². The summed E-state index contributed by atoms with van der Waals surface area (Å²) >= 11 is 6.18. The van der Waals surface area contributed by atoms with Gasteiger partial charge in [0.2, 0.25) is 17.7 Å². The topological polar surface area (TPSA) is 276 Å². The first kappa shape index (κ1) is 51.3. The van der Waals surface area contributed by atoms with E-state index in [1.54, 1.807) is 19.9 Å². The summed E-state index contributed by atoms with van der Waals surface area (Å²) in [6, 6.07) is 3.65. The van der Waals surface area contributed by atoms with E-state index in [0.29, 0.717) is 12.3 Å². The van der Waals surface area contributed by atoms with Crippen LogP contribution in [0.3, 0.4) is 0 Å². The van der Waals surface area contributed by atoms with E-state index in [9.17, 15) is 24.3 Å². The second-order valence-electron chi connectivity index (χ2n) is 17.8. The number of nitriles is 1. The van der Waals surface area contributed by atoms with Crippen LogP contribution in [0.4, 0.5) is 5.95 Å². The molecule has 2 unspecified atom stereocenters. The van der Waals surface area contributed by atoms with Crippen LogP contribution in [0.5, 0.6) is 5.88 Å². The fourth-order valence-corrected chi connectivity index (χ4v) is 22.3. The number of aromatic nitrogens is 7. The van der Waals surface area contributed by atoms with Gasteiger partial charge in [0.25, 0.3) is 5.56 Å². The maximum atomic E-state index is 13.4. The zero-order valence-corrected chi connectivity index (χ0v) is 42.8. The summed E-state index contributed by atoms with van der Waals surface area (Å²) < 4.78 is 73.3. The van der Waals surface area contributed by atoms with E-state index in [4.69, 9.17) is 52.3 Å². The van der Waals surface area contributed by atoms with Crippen LogP contribution in [0.2, 0.25) is 22.2 Å². The molecule has 2 saturated heterocycles. The summed E-state index contributed by atoms with van der Waals surface area (Å²) in [4.78, 5) is 51.2. The van der Waals surface area contributed by atoms with Gasteiger partial charge >= 0.3 is 32.1 Å². The van der Waals surface area contributed by atoms with Crippen LogP contribution >= 0.6 is 15.0 Å². The van der Waals surface area contributed by atoms with Crippen molar-refractivity contribution in [2.24, 2.45) is 11.8 Å². The molecular formula is C38H60N9O13P2SSi2+. The predicted octanol–water partition coefficient (Wildman–Crippen LogP) is 6.20. The van der Waals surface area contributed by atoms with Gasteiger partial charge in [-0.1, -0.05) is 74.5 Å². The van der Waals surface area contributed by atoms with E-state index in [0.717, 1.165) is 0 Å². The molecule has 2 aliphatic heterocycles. The normalized spacial score (nSPS) is 26.6. The lowest BCUT2D eigenvalue weighted by atomic mass is 10.1. The zero-order valence-electron chi connectivity index (χ0n) is 38.2. The lowest BCUT2D eigenvalue weighted by molar-refractivity contribution is -0.118. The van der Waals surface area contributed by atoms with E-state index in [1.165, 1.54) is 17.2 Å². The molecule has 27 heteroatoms. The first-order valence-corrected chi connectivity index (χ1v) is 29.4. The number of anilines is 1. The van der Waals surface area contributed by atoms with Gasteiger partial charge in [-0.25, -0.2) is 9.97 Å². The molecule has 3 aromatic heterocycles. The number of hydrogen-bond acceptors (Lipinski definition) is 19. The van der Waals surface area contributed by atoms with Crippen LogP contribution in [0, 0.1) is 23.2 Å². The highest BCUT2D eigenvalue weighted by molar-refractivity contribution is 8.07. The van der Waals surface area contributed by atoms with Crippen LogP contribution in [0.1, 0.15) is 94.7 Å². The van der Waals surface area contributed by atoms with Gasteiger partial charge in [0, 0.05) is 35.1 Å². The Morgan fingerprint density at radius 2 is 1.82 bits per heavy atom. The Kier molecular flexibility index (Phi) is 17.0. The SMILES string of the molecule is CC(C)C(=O)Nc1nc2c(nnn2[C@@H]2O[C@@H]3CO[Si](C(C)C)(C(C)C)O[Si](C(C)C)(C(C)C)O[C@H]3[C@@H]2OP(=S)(OCCC#N)OC[C@H]2C[C@@H](Oc3ccncn3)C[C@@H]2O[P+](=O)O)c(=O)[nH]1. The van der Waals surface area contributed by atoms with Crippen molar-refractivity contribution in [3.63, 3.8) is 0 Å². The van der Waals surface area contributed by atoms with Crippen molar-refractivity contribution in [3.05, 3.63) is 28.9 Å². The maximum absolute atomic E-state index is 13.4. The number of nitrogens with one attached hydrogen (secondary N) is 2. The van der Waals surface area contributed by atoms with Gasteiger partial charge in [-0.15, -0.1) is 14.5 Å². The van der Waals surface area contributed by atoms with Crippen molar-refractivity contribution in [3.8, 4) is 11.9 Å². The van der Waals surface area contributed by atoms with E-state index in [1.807, 2.05) is 0 Å². The van der Waals surface area contributed by atoms with E-state index < -0.39 is 86.2 Å². The number of ether oxygens (including phenoxy) is 2. The molecule has 3 aromatic rings. The Bertz CT molecular complexity index is 2270. The third-order valence-electron chi connectivity index (χ3n) is 11.8. The first-order valence-electron chi connectivity index (χ1n) is 21.8. The van der Waals surface area contributed by atoms with Crippen LogP contribution in [0.25, 0.3) is 11.2 Å². The van der Waals surface area contributed by atoms with Gasteiger partial charge in [-0.05, 0) is 40.4 Å². The highest BCUT2D eigenvalue weighted by Crippen LogP contribution is 2.57. The van der Waals surface area contributed by atoms with Crippen molar-refractivity contribution in [2.75, 3.05) is 25.1 Å². The summed E-state index contributed by atoms with van der Waals surface area (Å²) in [5, 5.41) is 20.7. The molecule has 1 saturated carbocycles. The Morgan fingerprint density at radius 1 is 1.11 bits per heavy atom. The average molecular weight is 1000 g/mol. The molecule has 65 heavy (non-hydrogen) atoms. The van der Waals surface area contributed by atoms with Gasteiger partial charge in [-0.3, -0.25) is 24.4 Å². The smallest absolute Gasteiger partial charge is 0.474 e. The third kappa shape index (κ3) is 11.5. The summed E-state index contributed by atoms with van der Waals surface area (Å²) in [7, 11) is -9.42. The quantitative estimate of drug-likeness (QED) is 0.0684. The minimum absolute atomic E-state index is 0.0216. The number of fused-ring (bicyclic) bond motifs is 2. The number of H-pyrrole nitrogens is 1. The molecule has 1 amide bonds. The molecule has 358 valence electrons. The number of carbonyl (C=O) groups is 1. The Labute approximate surface area is 385 Å². The van der Waals surface area contributed by atoms with Crippen LogP contribution in [0.15, 0.2) is 23.4 Å². The second kappa shape index (κ2) is 21.5. The van der Waals surface area contributed by atoms with Gasteiger partial charge in [-0.2, -0.15) is 14.9 Å². The zero-order chi connectivity index (χ0) is 47.4. The van der Waals surface area contributed by atoms with E-state index in [-0.39, 0.29) is 77.8 Å². The number of carbonyl (C=O) groups excluding carboxylic acids is 1. The lowest BCUT2D eigenvalue weighted by Crippen LogP contribution is -2.65. The Balaban J connectivity index is 1.44. The Hall–Kier alpha value is -3.06. The van der Waals surface area contributed by atoms with Gasteiger partial charge in [0.15, 0.2) is 17.4 Å². The first-order chi connectivity index (χ1) is 30.7. The molecule has 9 atom stereocenters. The fraction of sp³-hybridized carbons (Fsp3) is 0.737. The highest BCUT2D eigenvalue weighted by atomic mass is 32.5. The van der Waals surface area contributed by atoms with Crippen LogP contribution in [-0.2, 0) is 57.0 Å². The van der Waals surface area contributed by atoms with Crippen molar-refractivity contribution in [1.29, 1.82) is 5.26 Å². The van der Waals surface area contributed by atoms with Crippen molar-refractivity contribution < 1.29 is 54.8 Å². The number of rotatable bonds is 19. The molecule has 0 radical (unpaired) electrons. The number of nitrogens with zero attached hydrogens (tertiary/aromatic N) is 7. The summed E-state index contributed by atoms with van der Waals surface area (Å²) in [6.45, 7) is 15.8. The summed E-state index contributed by atoms with van der Waals surface area (Å²) in [6.07, 6.45) is -2.20. The minimum atomic E-state index is -3.98. The molecule has 5 heterocycles. The molecule has 0 bridgehead atoms. The van der Waals surface area contributed by atoms with Crippen molar-refractivity contribution in [1.82, 2.24) is 34.9 Å². The molecule has 3 N–H and O–H groups in total. The standard InChI is InChI=1S/C38H59N9O13P2SSi2/c1-21(2)35(48)43-38-42-34-31(36(49)44-38)45-46-47(34)37-33(32-29(56-37)19-54-64(22(3)4,23(5)6)60-65(59-32,24(7)8)25(9)10)58-62(63,52-15-11-13-39)53-18-26-16-27(17-28(26)57-61(50)51)55-30-12-14-40-20-41-30/h12,14,20-29,32-33,37H,11,15-19H2,1-10H3,(H2-,42,43,44,46,48,49,50,51)/p+1/t26-,27-,28+,29-,32-,33+,37-,62?/m1/s1. The van der Waals surface area contributed by atoms with Crippen molar-refractivity contribution >= 4 is 66.9 Å². The monoisotopic (exact) mass is 1000 g/mol. The van der Waals surface area contributed by atoms with Gasteiger partial charge < -0.3 is 31.5 Å². The molecule has 0 aromatic carbocycles. The fourth-order valence-electron chi connectivity index (χ4n) is 8.47. The largest absolute Gasteiger partial charge is 0.695 e. The average Bonchev–Trinajstić information content (AvgIpc) is 3.91. The maximum Gasteiger partial charge on any atom is 0.695 e. The van der Waals surface area contributed by atoms with Crippen LogP contribution in [-0.4, -0.2) is 113 Å². The molecule has 3 fully saturated rings. The highest BCUT2D eigenvalue weighted by Gasteiger charge is 2.63. The number of amides is 1. The molecule has 3 aliphatic rings. The summed E-state index contributed by atoms with van der Waals surface area (Å²) in [5.74, 6) is -1.17. The molecule has 6 rings (SSSR count). The predicted molar refractivity (Wildman–Crippen MR) is 242 cm³/mol. The Morgan fingerprint density at radius 3 is 2.43 bits per heavy atom. The van der Waals surface area contributed by atoms with E-state index in [2.05, 4.69) is 97.0 Å².